The molecular formula is C13H18ClNO3S. The van der Waals surface area contributed by atoms with E-state index >= 15 is 0 Å². The summed E-state index contributed by atoms with van der Waals surface area (Å²) in [4.78, 5) is 0. The first-order valence-corrected chi connectivity index (χ1v) is 8.43. The Morgan fingerprint density at radius 2 is 2.16 bits per heavy atom. The van der Waals surface area contributed by atoms with Crippen LogP contribution in [0.2, 0.25) is 0 Å². The van der Waals surface area contributed by atoms with Crippen molar-refractivity contribution in [1.29, 1.82) is 0 Å². The number of aliphatic hydroxyl groups is 1. The number of aliphatic hydroxyl groups excluding tert-OH is 1. The maximum atomic E-state index is 12.0. The highest BCUT2D eigenvalue weighted by Crippen LogP contribution is 2.31. The minimum Gasteiger partial charge on any atom is -0.391 e. The third-order valence-electron chi connectivity index (χ3n) is 3.28. The molecule has 3 atom stereocenters. The minimum absolute atomic E-state index is 0.0259. The molecule has 0 fully saturated rings. The normalized spacial score (nSPS) is 24.2. The SMILES string of the molecule is CC(CCl)CS(=O)(=O)N[C@@H]1c2ccccc2C[C@@H]1O. The highest BCUT2D eigenvalue weighted by molar-refractivity contribution is 7.89. The molecule has 1 unspecified atom stereocenters. The Kier molecular flexibility index (Phi) is 4.50. The zero-order valence-electron chi connectivity index (χ0n) is 10.7. The Morgan fingerprint density at radius 3 is 2.84 bits per heavy atom. The van der Waals surface area contributed by atoms with Crippen molar-refractivity contribution in [2.75, 3.05) is 11.6 Å². The summed E-state index contributed by atoms with van der Waals surface area (Å²) in [7, 11) is -3.45. The smallest absolute Gasteiger partial charge is 0.212 e. The standard InChI is InChI=1S/C13H18ClNO3S/c1-9(7-14)8-19(17,18)15-13-11-5-3-2-4-10(11)6-12(13)16/h2-5,9,12-13,15-16H,6-8H2,1H3/t9?,12-,13+/m0/s1. The van der Waals surface area contributed by atoms with Crippen LogP contribution in [0.25, 0.3) is 0 Å². The van der Waals surface area contributed by atoms with E-state index in [2.05, 4.69) is 4.72 Å². The highest BCUT2D eigenvalue weighted by atomic mass is 35.5. The second-order valence-electron chi connectivity index (χ2n) is 5.11. The van der Waals surface area contributed by atoms with Crippen LogP contribution in [0.5, 0.6) is 0 Å². The number of halogens is 1. The molecule has 4 nitrogen and oxygen atoms in total. The van der Waals surface area contributed by atoms with E-state index in [0.29, 0.717) is 12.3 Å². The first-order chi connectivity index (χ1) is 8.93. The molecular weight excluding hydrogens is 286 g/mol. The van der Waals surface area contributed by atoms with Crippen LogP contribution < -0.4 is 4.72 Å². The zero-order valence-corrected chi connectivity index (χ0v) is 12.3. The fourth-order valence-electron chi connectivity index (χ4n) is 2.38. The molecule has 1 aliphatic carbocycles. The van der Waals surface area contributed by atoms with Gasteiger partial charge in [-0.05, 0) is 17.0 Å². The number of alkyl halides is 1. The number of nitrogens with one attached hydrogen (secondary N) is 1. The molecule has 1 aliphatic rings. The third-order valence-corrected chi connectivity index (χ3v) is 5.43. The third kappa shape index (κ3) is 3.48. The molecule has 1 aromatic carbocycles. The average Bonchev–Trinajstić information content (AvgIpc) is 2.65. The average molecular weight is 304 g/mol. The predicted molar refractivity (Wildman–Crippen MR) is 75.7 cm³/mol. The Hall–Kier alpha value is -0.620. The fourth-order valence-corrected chi connectivity index (χ4v) is 4.25. The van der Waals surface area contributed by atoms with Crippen LogP contribution in [-0.2, 0) is 16.4 Å². The number of sulfonamides is 1. The molecule has 2 rings (SSSR count). The van der Waals surface area contributed by atoms with Crippen LogP contribution in [0.15, 0.2) is 24.3 Å². The van der Waals surface area contributed by atoms with Gasteiger partial charge in [0.1, 0.15) is 0 Å². The molecule has 0 aliphatic heterocycles. The molecule has 0 saturated heterocycles. The molecule has 106 valence electrons. The van der Waals surface area contributed by atoms with Gasteiger partial charge < -0.3 is 5.11 Å². The number of fused-ring (bicyclic) bond motifs is 1. The summed E-state index contributed by atoms with van der Waals surface area (Å²) in [6, 6.07) is 6.94. The molecule has 0 amide bonds. The lowest BCUT2D eigenvalue weighted by molar-refractivity contribution is 0.151. The highest BCUT2D eigenvalue weighted by Gasteiger charge is 2.33. The summed E-state index contributed by atoms with van der Waals surface area (Å²) in [5, 5.41) is 10.0. The van der Waals surface area contributed by atoms with Crippen molar-refractivity contribution in [2.45, 2.75) is 25.5 Å². The maximum Gasteiger partial charge on any atom is 0.212 e. The molecule has 0 spiro atoms. The second kappa shape index (κ2) is 5.79. The Balaban J connectivity index is 2.15. The van der Waals surface area contributed by atoms with Crippen molar-refractivity contribution < 1.29 is 13.5 Å². The first-order valence-electron chi connectivity index (χ1n) is 6.25. The van der Waals surface area contributed by atoms with Gasteiger partial charge in [-0.25, -0.2) is 13.1 Å². The van der Waals surface area contributed by atoms with Crippen molar-refractivity contribution in [1.82, 2.24) is 4.72 Å². The van der Waals surface area contributed by atoms with Gasteiger partial charge in [-0.3, -0.25) is 0 Å². The molecule has 2 N–H and O–H groups in total. The van der Waals surface area contributed by atoms with Gasteiger partial charge in [-0.2, -0.15) is 0 Å². The lowest BCUT2D eigenvalue weighted by Crippen LogP contribution is -2.36. The summed E-state index contributed by atoms with van der Waals surface area (Å²) in [6.45, 7) is 1.78. The van der Waals surface area contributed by atoms with E-state index < -0.39 is 22.2 Å². The van der Waals surface area contributed by atoms with E-state index in [1.54, 1.807) is 6.92 Å². The molecule has 0 saturated carbocycles. The van der Waals surface area contributed by atoms with Gasteiger partial charge in [0.05, 0.1) is 17.9 Å². The zero-order chi connectivity index (χ0) is 14.0. The van der Waals surface area contributed by atoms with E-state index in [1.807, 2.05) is 24.3 Å². The first kappa shape index (κ1) is 14.8. The van der Waals surface area contributed by atoms with Crippen LogP contribution >= 0.6 is 11.6 Å². The van der Waals surface area contributed by atoms with Gasteiger partial charge in [-0.15, -0.1) is 11.6 Å². The monoisotopic (exact) mass is 303 g/mol. The molecule has 19 heavy (non-hydrogen) atoms. The molecule has 6 heteroatoms. The quantitative estimate of drug-likeness (QED) is 0.809. The van der Waals surface area contributed by atoms with E-state index in [1.165, 1.54) is 0 Å². The number of hydrogen-bond donors (Lipinski definition) is 2. The molecule has 1 aromatic rings. The van der Waals surface area contributed by atoms with E-state index in [9.17, 15) is 13.5 Å². The van der Waals surface area contributed by atoms with Gasteiger partial charge in [0, 0.05) is 12.3 Å². The number of rotatable bonds is 5. The van der Waals surface area contributed by atoms with Gasteiger partial charge >= 0.3 is 0 Å². The molecule has 0 radical (unpaired) electrons. The maximum absolute atomic E-state index is 12.0. The largest absolute Gasteiger partial charge is 0.391 e. The molecule has 0 heterocycles. The Labute approximate surface area is 118 Å². The lowest BCUT2D eigenvalue weighted by Gasteiger charge is -2.19. The van der Waals surface area contributed by atoms with E-state index in [4.69, 9.17) is 11.6 Å². The number of hydrogen-bond acceptors (Lipinski definition) is 3. The van der Waals surface area contributed by atoms with Gasteiger partial charge in [0.25, 0.3) is 0 Å². The van der Waals surface area contributed by atoms with Crippen LogP contribution in [0.1, 0.15) is 24.1 Å². The van der Waals surface area contributed by atoms with Crippen LogP contribution in [-0.4, -0.2) is 31.3 Å². The molecule has 0 bridgehead atoms. The van der Waals surface area contributed by atoms with Crippen molar-refractivity contribution >= 4 is 21.6 Å². The summed E-state index contributed by atoms with van der Waals surface area (Å²) in [6.07, 6.45) is -0.229. The summed E-state index contributed by atoms with van der Waals surface area (Å²) < 4.78 is 26.7. The van der Waals surface area contributed by atoms with Crippen LogP contribution in [0.3, 0.4) is 0 Å². The Morgan fingerprint density at radius 1 is 1.47 bits per heavy atom. The van der Waals surface area contributed by atoms with Crippen molar-refractivity contribution in [3.63, 3.8) is 0 Å². The van der Waals surface area contributed by atoms with Gasteiger partial charge in [0.2, 0.25) is 10.0 Å². The van der Waals surface area contributed by atoms with Crippen LogP contribution in [0, 0.1) is 5.92 Å². The molecule has 0 aromatic heterocycles. The number of benzene rings is 1. The fraction of sp³-hybridized carbons (Fsp3) is 0.538. The second-order valence-corrected chi connectivity index (χ2v) is 7.21. The summed E-state index contributed by atoms with van der Waals surface area (Å²) in [5.74, 6) is 0.153. The van der Waals surface area contributed by atoms with E-state index in [0.717, 1.165) is 11.1 Å². The van der Waals surface area contributed by atoms with Gasteiger partial charge in [-0.1, -0.05) is 31.2 Å². The van der Waals surface area contributed by atoms with Crippen molar-refractivity contribution in [3.8, 4) is 0 Å². The topological polar surface area (TPSA) is 66.4 Å². The Bertz CT molecular complexity index is 547. The minimum atomic E-state index is -3.45. The van der Waals surface area contributed by atoms with Crippen molar-refractivity contribution in [3.05, 3.63) is 35.4 Å². The summed E-state index contributed by atoms with van der Waals surface area (Å²) in [5.41, 5.74) is 1.85. The van der Waals surface area contributed by atoms with E-state index in [-0.39, 0.29) is 11.7 Å². The van der Waals surface area contributed by atoms with Gasteiger partial charge in [0.15, 0.2) is 0 Å². The van der Waals surface area contributed by atoms with Crippen molar-refractivity contribution in [2.24, 2.45) is 5.92 Å². The van der Waals surface area contributed by atoms with Crippen LogP contribution in [0.4, 0.5) is 0 Å². The predicted octanol–water partition coefficient (Wildman–Crippen LogP) is 1.44. The lowest BCUT2D eigenvalue weighted by atomic mass is 10.1. The summed E-state index contributed by atoms with van der Waals surface area (Å²) >= 11 is 5.64.